The first-order valence-corrected chi connectivity index (χ1v) is 6.92. The number of benzene rings is 1. The van der Waals surface area contributed by atoms with Crippen LogP contribution < -0.4 is 5.32 Å². The Labute approximate surface area is 118 Å². The fourth-order valence-electron chi connectivity index (χ4n) is 1.96. The number of likely N-dealkylation sites (N-methyl/N-ethyl adjacent to an activating group) is 1. The van der Waals surface area contributed by atoms with Gasteiger partial charge >= 0.3 is 0 Å². The predicted octanol–water partition coefficient (Wildman–Crippen LogP) is 3.37. The van der Waals surface area contributed by atoms with E-state index in [2.05, 4.69) is 75.8 Å². The SMILES string of the molecule is C=C(CNC(C)(C)C)CN(C)Cc1ccccc1C. The van der Waals surface area contributed by atoms with Crippen LogP contribution in [0.5, 0.6) is 0 Å². The Morgan fingerprint density at radius 1 is 1.26 bits per heavy atom. The Morgan fingerprint density at radius 2 is 1.89 bits per heavy atom. The standard InChI is InChI=1S/C17H28N2/c1-14(11-18-17(3,4)5)12-19(6)13-16-10-8-7-9-15(16)2/h7-10,18H,1,11-13H2,2-6H3. The Bertz CT molecular complexity index is 416. The second kappa shape index (κ2) is 6.88. The summed E-state index contributed by atoms with van der Waals surface area (Å²) in [4.78, 5) is 2.31. The van der Waals surface area contributed by atoms with E-state index >= 15 is 0 Å². The average molecular weight is 260 g/mol. The van der Waals surface area contributed by atoms with E-state index in [0.29, 0.717) is 0 Å². The molecule has 19 heavy (non-hydrogen) atoms. The molecule has 0 spiro atoms. The van der Waals surface area contributed by atoms with Gasteiger partial charge in [-0.05, 0) is 51.4 Å². The quantitative estimate of drug-likeness (QED) is 0.789. The van der Waals surface area contributed by atoms with Gasteiger partial charge in [0.15, 0.2) is 0 Å². The fraction of sp³-hybridized carbons (Fsp3) is 0.529. The molecule has 0 saturated heterocycles. The van der Waals surface area contributed by atoms with E-state index in [4.69, 9.17) is 0 Å². The number of hydrogen-bond acceptors (Lipinski definition) is 2. The highest BCUT2D eigenvalue weighted by Crippen LogP contribution is 2.10. The van der Waals surface area contributed by atoms with E-state index in [0.717, 1.165) is 19.6 Å². The van der Waals surface area contributed by atoms with Crippen LogP contribution in [0, 0.1) is 6.92 Å². The lowest BCUT2D eigenvalue weighted by molar-refractivity contribution is 0.345. The van der Waals surface area contributed by atoms with Crippen molar-refractivity contribution in [3.8, 4) is 0 Å². The Morgan fingerprint density at radius 3 is 2.47 bits per heavy atom. The van der Waals surface area contributed by atoms with E-state index in [1.165, 1.54) is 16.7 Å². The molecule has 106 valence electrons. The summed E-state index contributed by atoms with van der Waals surface area (Å²) >= 11 is 0. The van der Waals surface area contributed by atoms with E-state index in [1.807, 2.05) is 0 Å². The summed E-state index contributed by atoms with van der Waals surface area (Å²) in [6.45, 7) is 15.6. The van der Waals surface area contributed by atoms with E-state index in [-0.39, 0.29) is 5.54 Å². The molecule has 0 unspecified atom stereocenters. The Hall–Kier alpha value is -1.12. The van der Waals surface area contributed by atoms with Crippen molar-refractivity contribution in [1.29, 1.82) is 0 Å². The molecular formula is C17H28N2. The molecule has 0 fully saturated rings. The van der Waals surface area contributed by atoms with Crippen LogP contribution in [0.2, 0.25) is 0 Å². The van der Waals surface area contributed by atoms with Crippen LogP contribution in [0.3, 0.4) is 0 Å². The van der Waals surface area contributed by atoms with Gasteiger partial charge in [-0.15, -0.1) is 0 Å². The van der Waals surface area contributed by atoms with E-state index in [9.17, 15) is 0 Å². The van der Waals surface area contributed by atoms with Gasteiger partial charge in [0.1, 0.15) is 0 Å². The van der Waals surface area contributed by atoms with Crippen molar-refractivity contribution in [3.63, 3.8) is 0 Å². The van der Waals surface area contributed by atoms with Crippen molar-refractivity contribution < 1.29 is 0 Å². The molecule has 0 heterocycles. The highest BCUT2D eigenvalue weighted by Gasteiger charge is 2.10. The first kappa shape index (κ1) is 15.9. The van der Waals surface area contributed by atoms with Crippen LogP contribution in [0.4, 0.5) is 0 Å². The number of nitrogens with one attached hydrogen (secondary N) is 1. The molecule has 0 aromatic heterocycles. The van der Waals surface area contributed by atoms with Gasteiger partial charge < -0.3 is 5.32 Å². The molecule has 1 N–H and O–H groups in total. The van der Waals surface area contributed by atoms with Gasteiger partial charge in [0, 0.05) is 25.2 Å². The first-order valence-electron chi connectivity index (χ1n) is 6.92. The third-order valence-electron chi connectivity index (χ3n) is 3.06. The number of aryl methyl sites for hydroxylation is 1. The molecule has 2 heteroatoms. The van der Waals surface area contributed by atoms with Gasteiger partial charge in [0.25, 0.3) is 0 Å². The monoisotopic (exact) mass is 260 g/mol. The summed E-state index contributed by atoms with van der Waals surface area (Å²) in [6.07, 6.45) is 0. The summed E-state index contributed by atoms with van der Waals surface area (Å²) in [5, 5.41) is 3.48. The van der Waals surface area contributed by atoms with E-state index < -0.39 is 0 Å². The minimum absolute atomic E-state index is 0.150. The van der Waals surface area contributed by atoms with Gasteiger partial charge in [-0.1, -0.05) is 30.8 Å². The smallest absolute Gasteiger partial charge is 0.0236 e. The Balaban J connectivity index is 2.41. The third kappa shape index (κ3) is 6.55. The molecule has 2 nitrogen and oxygen atoms in total. The summed E-state index contributed by atoms with van der Waals surface area (Å²) < 4.78 is 0. The van der Waals surface area contributed by atoms with Crippen molar-refractivity contribution >= 4 is 0 Å². The highest BCUT2D eigenvalue weighted by atomic mass is 15.1. The van der Waals surface area contributed by atoms with Gasteiger partial charge in [-0.25, -0.2) is 0 Å². The molecule has 0 aliphatic rings. The van der Waals surface area contributed by atoms with Crippen LogP contribution in [0.25, 0.3) is 0 Å². The van der Waals surface area contributed by atoms with Crippen LogP contribution in [-0.4, -0.2) is 30.6 Å². The topological polar surface area (TPSA) is 15.3 Å². The zero-order valence-corrected chi connectivity index (χ0v) is 13.1. The third-order valence-corrected chi connectivity index (χ3v) is 3.06. The summed E-state index contributed by atoms with van der Waals surface area (Å²) in [7, 11) is 2.15. The maximum absolute atomic E-state index is 4.16. The maximum Gasteiger partial charge on any atom is 0.0236 e. The van der Waals surface area contributed by atoms with Crippen molar-refractivity contribution in [2.45, 2.75) is 39.8 Å². The lowest BCUT2D eigenvalue weighted by Gasteiger charge is -2.24. The molecule has 0 bridgehead atoms. The molecule has 1 aromatic rings. The van der Waals surface area contributed by atoms with Crippen LogP contribution in [0.15, 0.2) is 36.4 Å². The van der Waals surface area contributed by atoms with Gasteiger partial charge in [0.05, 0.1) is 0 Å². The summed E-state index contributed by atoms with van der Waals surface area (Å²) in [5.74, 6) is 0. The lowest BCUT2D eigenvalue weighted by atomic mass is 10.1. The van der Waals surface area contributed by atoms with Gasteiger partial charge in [-0.3, -0.25) is 4.90 Å². The molecule has 0 radical (unpaired) electrons. The van der Waals surface area contributed by atoms with Crippen LogP contribution in [-0.2, 0) is 6.54 Å². The lowest BCUT2D eigenvalue weighted by Crippen LogP contribution is -2.38. The normalized spacial score (nSPS) is 11.9. The van der Waals surface area contributed by atoms with Crippen molar-refractivity contribution in [3.05, 3.63) is 47.5 Å². The molecule has 0 amide bonds. The van der Waals surface area contributed by atoms with Gasteiger partial charge in [-0.2, -0.15) is 0 Å². The summed E-state index contributed by atoms with van der Waals surface area (Å²) in [6, 6.07) is 8.55. The largest absolute Gasteiger partial charge is 0.308 e. The minimum atomic E-state index is 0.150. The van der Waals surface area contributed by atoms with Gasteiger partial charge in [0.2, 0.25) is 0 Å². The second-order valence-corrected chi connectivity index (χ2v) is 6.45. The van der Waals surface area contributed by atoms with Crippen molar-refractivity contribution in [2.24, 2.45) is 0 Å². The fourth-order valence-corrected chi connectivity index (χ4v) is 1.96. The molecule has 0 aliphatic heterocycles. The van der Waals surface area contributed by atoms with Crippen molar-refractivity contribution in [2.75, 3.05) is 20.1 Å². The maximum atomic E-state index is 4.16. The first-order chi connectivity index (χ1) is 8.78. The molecule has 1 rings (SSSR count). The second-order valence-electron chi connectivity index (χ2n) is 6.45. The average Bonchev–Trinajstić information content (AvgIpc) is 2.29. The Kier molecular flexibility index (Phi) is 5.77. The number of rotatable bonds is 6. The molecule has 1 aromatic carbocycles. The summed E-state index contributed by atoms with van der Waals surface area (Å²) in [5.41, 5.74) is 4.12. The zero-order valence-electron chi connectivity index (χ0n) is 13.1. The molecule has 0 atom stereocenters. The molecule has 0 aliphatic carbocycles. The van der Waals surface area contributed by atoms with Crippen LogP contribution in [0.1, 0.15) is 31.9 Å². The van der Waals surface area contributed by atoms with Crippen molar-refractivity contribution in [1.82, 2.24) is 10.2 Å². The molecular weight excluding hydrogens is 232 g/mol. The minimum Gasteiger partial charge on any atom is -0.308 e. The number of hydrogen-bond donors (Lipinski definition) is 1. The zero-order chi connectivity index (χ0) is 14.5. The van der Waals surface area contributed by atoms with Crippen LogP contribution >= 0.6 is 0 Å². The highest BCUT2D eigenvalue weighted by molar-refractivity contribution is 5.25. The molecule has 0 saturated carbocycles. The predicted molar refractivity (Wildman–Crippen MR) is 84.4 cm³/mol. The number of nitrogens with zero attached hydrogens (tertiary/aromatic N) is 1. The van der Waals surface area contributed by atoms with E-state index in [1.54, 1.807) is 0 Å².